The fourth-order valence-corrected chi connectivity index (χ4v) is 2.19. The van der Waals surface area contributed by atoms with E-state index in [0.717, 1.165) is 12.6 Å². The number of hydrogen-bond donors (Lipinski definition) is 0. The molecule has 0 spiro atoms. The van der Waals surface area contributed by atoms with Crippen LogP contribution in [0.1, 0.15) is 32.8 Å². The summed E-state index contributed by atoms with van der Waals surface area (Å²) in [5.41, 5.74) is -0.393. The molecule has 0 aliphatic carbocycles. The molecule has 1 aromatic carbocycles. The van der Waals surface area contributed by atoms with E-state index in [2.05, 4.69) is 9.97 Å². The second-order valence-corrected chi connectivity index (χ2v) is 5.96. The molecule has 0 unspecified atom stereocenters. The van der Waals surface area contributed by atoms with Gasteiger partial charge in [-0.1, -0.05) is 6.92 Å². The van der Waals surface area contributed by atoms with Gasteiger partial charge in [0.15, 0.2) is 5.82 Å². The van der Waals surface area contributed by atoms with Crippen molar-refractivity contribution >= 4 is 11.5 Å². The predicted octanol–water partition coefficient (Wildman–Crippen LogP) is 4.84. The zero-order chi connectivity index (χ0) is 19.3. The lowest BCUT2D eigenvalue weighted by Crippen LogP contribution is -2.20. The van der Waals surface area contributed by atoms with Gasteiger partial charge in [0.2, 0.25) is 0 Å². The van der Waals surface area contributed by atoms with E-state index in [0.29, 0.717) is 18.0 Å². The van der Waals surface area contributed by atoms with Gasteiger partial charge in [0.05, 0.1) is 12.7 Å². The maximum atomic E-state index is 13.4. The molecule has 26 heavy (non-hydrogen) atoms. The Labute approximate surface area is 150 Å². The molecule has 0 aliphatic rings. The molecule has 0 radical (unpaired) electrons. The Morgan fingerprint density at radius 2 is 1.81 bits per heavy atom. The average molecular weight is 369 g/mol. The van der Waals surface area contributed by atoms with Crippen molar-refractivity contribution in [1.82, 2.24) is 9.97 Å². The van der Waals surface area contributed by atoms with E-state index in [9.17, 15) is 13.2 Å². The molecule has 0 saturated carbocycles. The van der Waals surface area contributed by atoms with Crippen LogP contribution in [0.15, 0.2) is 30.5 Å². The Morgan fingerprint density at radius 1 is 1.15 bits per heavy atom. The summed E-state index contributed by atoms with van der Waals surface area (Å²) < 4.78 is 50.9. The smallest absolute Gasteiger partial charge is 0.421 e. The van der Waals surface area contributed by atoms with Gasteiger partial charge in [-0.25, -0.2) is 4.98 Å². The molecule has 0 saturated heterocycles. The number of alkyl halides is 3. The van der Waals surface area contributed by atoms with E-state index in [-0.39, 0.29) is 17.9 Å². The second-order valence-electron chi connectivity index (χ2n) is 5.96. The molecule has 5 nitrogen and oxygen atoms in total. The molecule has 0 atom stereocenters. The number of ether oxygens (including phenoxy) is 2. The van der Waals surface area contributed by atoms with Crippen molar-refractivity contribution in [2.45, 2.75) is 39.5 Å². The van der Waals surface area contributed by atoms with Crippen LogP contribution >= 0.6 is 0 Å². The molecule has 0 aliphatic heterocycles. The van der Waals surface area contributed by atoms with Gasteiger partial charge in [0.1, 0.15) is 11.3 Å². The van der Waals surface area contributed by atoms with Gasteiger partial charge in [0.25, 0.3) is 0 Å². The minimum absolute atomic E-state index is 0.0993. The lowest BCUT2D eigenvalue weighted by molar-refractivity contribution is -0.137. The van der Waals surface area contributed by atoms with Gasteiger partial charge in [-0.05, 0) is 44.5 Å². The van der Waals surface area contributed by atoms with Crippen LogP contribution in [-0.4, -0.2) is 29.7 Å². The van der Waals surface area contributed by atoms with Crippen molar-refractivity contribution < 1.29 is 22.6 Å². The van der Waals surface area contributed by atoms with Gasteiger partial charge in [-0.15, -0.1) is 0 Å². The molecule has 0 amide bonds. The molecule has 142 valence electrons. The Morgan fingerprint density at radius 3 is 2.35 bits per heavy atom. The maximum absolute atomic E-state index is 13.4. The molecule has 0 fully saturated rings. The minimum atomic E-state index is -4.58. The molecular weight excluding hydrogens is 347 g/mol. The van der Waals surface area contributed by atoms with Crippen LogP contribution in [0.5, 0.6) is 11.8 Å². The van der Waals surface area contributed by atoms with Crippen LogP contribution in [0.4, 0.5) is 24.7 Å². The minimum Gasteiger partial charge on any atom is -0.494 e. The van der Waals surface area contributed by atoms with Crippen LogP contribution in [0.25, 0.3) is 0 Å². The highest BCUT2D eigenvalue weighted by molar-refractivity contribution is 5.63. The van der Waals surface area contributed by atoms with Crippen LogP contribution in [-0.2, 0) is 6.18 Å². The molecule has 0 bridgehead atoms. The van der Waals surface area contributed by atoms with Crippen LogP contribution in [0.2, 0.25) is 0 Å². The standard InChI is InChI=1S/C18H22F3N3O2/c1-5-10-25-14-8-6-13(7-9-14)24(4)16-15(18(19,20)21)11-22-17(23-16)26-12(2)3/h6-9,11-12H,5,10H2,1-4H3. The number of benzene rings is 1. The molecule has 1 aromatic heterocycles. The lowest BCUT2D eigenvalue weighted by Gasteiger charge is -2.23. The van der Waals surface area contributed by atoms with E-state index in [1.54, 1.807) is 38.1 Å². The highest BCUT2D eigenvalue weighted by Crippen LogP contribution is 2.38. The molecule has 1 heterocycles. The third kappa shape index (κ3) is 5.00. The fourth-order valence-electron chi connectivity index (χ4n) is 2.19. The van der Waals surface area contributed by atoms with E-state index in [4.69, 9.17) is 9.47 Å². The lowest BCUT2D eigenvalue weighted by atomic mass is 10.2. The van der Waals surface area contributed by atoms with Crippen molar-refractivity contribution in [2.75, 3.05) is 18.6 Å². The monoisotopic (exact) mass is 369 g/mol. The van der Waals surface area contributed by atoms with Gasteiger partial charge in [-0.3, -0.25) is 0 Å². The van der Waals surface area contributed by atoms with Gasteiger partial charge in [-0.2, -0.15) is 18.2 Å². The molecule has 8 heteroatoms. The number of hydrogen-bond acceptors (Lipinski definition) is 5. The van der Waals surface area contributed by atoms with Gasteiger partial charge >= 0.3 is 12.2 Å². The second kappa shape index (κ2) is 8.25. The largest absolute Gasteiger partial charge is 0.494 e. The van der Waals surface area contributed by atoms with Crippen LogP contribution in [0, 0.1) is 0 Å². The van der Waals surface area contributed by atoms with Gasteiger partial charge in [0, 0.05) is 18.9 Å². The summed E-state index contributed by atoms with van der Waals surface area (Å²) in [6.07, 6.45) is -3.21. The number of nitrogens with zero attached hydrogens (tertiary/aromatic N) is 3. The Hall–Kier alpha value is -2.51. The average Bonchev–Trinajstić information content (AvgIpc) is 2.58. The quantitative estimate of drug-likeness (QED) is 0.699. The number of halogens is 3. The van der Waals surface area contributed by atoms with Crippen molar-refractivity contribution in [3.05, 3.63) is 36.0 Å². The molecular formula is C18H22F3N3O2. The highest BCUT2D eigenvalue weighted by Gasteiger charge is 2.36. The summed E-state index contributed by atoms with van der Waals surface area (Å²) in [5.74, 6) is 0.386. The molecule has 0 N–H and O–H groups in total. The third-order valence-electron chi connectivity index (χ3n) is 3.41. The number of aromatic nitrogens is 2. The normalized spacial score (nSPS) is 11.5. The Bertz CT molecular complexity index is 719. The topological polar surface area (TPSA) is 47.5 Å². The highest BCUT2D eigenvalue weighted by atomic mass is 19.4. The van der Waals surface area contributed by atoms with Gasteiger partial charge < -0.3 is 14.4 Å². The first-order chi connectivity index (χ1) is 12.2. The van der Waals surface area contributed by atoms with Crippen molar-refractivity contribution in [2.24, 2.45) is 0 Å². The van der Waals surface area contributed by atoms with Crippen LogP contribution < -0.4 is 14.4 Å². The summed E-state index contributed by atoms with van der Waals surface area (Å²) in [4.78, 5) is 8.99. The first kappa shape index (κ1) is 19.8. The summed E-state index contributed by atoms with van der Waals surface area (Å²) in [6, 6.07) is 6.67. The van der Waals surface area contributed by atoms with Crippen molar-refractivity contribution in [3.63, 3.8) is 0 Å². The first-order valence-electron chi connectivity index (χ1n) is 8.29. The maximum Gasteiger partial charge on any atom is 0.421 e. The van der Waals surface area contributed by atoms with E-state index in [1.807, 2.05) is 6.92 Å². The third-order valence-corrected chi connectivity index (χ3v) is 3.41. The van der Waals surface area contributed by atoms with Crippen molar-refractivity contribution in [1.29, 1.82) is 0 Å². The van der Waals surface area contributed by atoms with E-state index < -0.39 is 11.7 Å². The zero-order valence-electron chi connectivity index (χ0n) is 15.2. The SMILES string of the molecule is CCCOc1ccc(N(C)c2nc(OC(C)C)ncc2C(F)(F)F)cc1. The first-order valence-corrected chi connectivity index (χ1v) is 8.29. The summed E-state index contributed by atoms with van der Waals surface area (Å²) >= 11 is 0. The summed E-state index contributed by atoms with van der Waals surface area (Å²) in [6.45, 7) is 6.07. The summed E-state index contributed by atoms with van der Waals surface area (Å²) in [5, 5.41) is 0. The van der Waals surface area contributed by atoms with E-state index in [1.165, 1.54) is 11.9 Å². The molecule has 2 aromatic rings. The number of rotatable bonds is 7. The number of anilines is 2. The fraction of sp³-hybridized carbons (Fsp3) is 0.444. The summed E-state index contributed by atoms with van der Waals surface area (Å²) in [7, 11) is 1.51. The Kier molecular flexibility index (Phi) is 6.28. The predicted molar refractivity (Wildman–Crippen MR) is 93.1 cm³/mol. The molecule has 2 rings (SSSR count). The zero-order valence-corrected chi connectivity index (χ0v) is 15.2. The van der Waals surface area contributed by atoms with Crippen LogP contribution in [0.3, 0.4) is 0 Å². The van der Waals surface area contributed by atoms with Crippen molar-refractivity contribution in [3.8, 4) is 11.8 Å². The Balaban J connectivity index is 2.37. The van der Waals surface area contributed by atoms with E-state index >= 15 is 0 Å².